The van der Waals surface area contributed by atoms with Gasteiger partial charge in [-0.15, -0.1) is 0 Å². The maximum atomic E-state index is 12.7. The van der Waals surface area contributed by atoms with Crippen LogP contribution in [0.5, 0.6) is 0 Å². The van der Waals surface area contributed by atoms with Crippen molar-refractivity contribution in [3.63, 3.8) is 0 Å². The molecule has 0 saturated carbocycles. The van der Waals surface area contributed by atoms with Crippen molar-refractivity contribution in [1.29, 1.82) is 0 Å². The van der Waals surface area contributed by atoms with Crippen LogP contribution < -0.4 is 0 Å². The summed E-state index contributed by atoms with van der Waals surface area (Å²) in [5.41, 5.74) is -4.66. The average molecular weight is 328 g/mol. The Kier molecular flexibility index (Phi) is 4.91. The summed E-state index contributed by atoms with van der Waals surface area (Å²) in [4.78, 5) is 11.2. The van der Waals surface area contributed by atoms with Gasteiger partial charge in [-0.1, -0.05) is 6.58 Å². The van der Waals surface area contributed by atoms with Crippen LogP contribution in [0.2, 0.25) is 0 Å². The molecule has 0 amide bonds. The van der Waals surface area contributed by atoms with Gasteiger partial charge in [0.25, 0.3) is 0 Å². The molecule has 0 bridgehead atoms. The van der Waals surface area contributed by atoms with Crippen molar-refractivity contribution in [2.24, 2.45) is 0 Å². The summed E-state index contributed by atoms with van der Waals surface area (Å²) in [5.74, 6) is -1.15. The highest BCUT2D eigenvalue weighted by molar-refractivity contribution is 5.89. The van der Waals surface area contributed by atoms with Gasteiger partial charge in [0.15, 0.2) is 0 Å². The lowest BCUT2D eigenvalue weighted by atomic mass is 9.97. The Hall–Kier alpha value is -2.03. The topological polar surface area (TPSA) is 46.5 Å². The van der Waals surface area contributed by atoms with Gasteiger partial charge in [-0.3, -0.25) is 0 Å². The van der Waals surface area contributed by atoms with E-state index in [1.54, 1.807) is 0 Å². The first-order valence-electron chi connectivity index (χ1n) is 5.62. The van der Waals surface area contributed by atoms with Crippen LogP contribution >= 0.6 is 0 Å². The minimum Gasteiger partial charge on any atom is -0.466 e. The second-order valence-electron chi connectivity index (χ2n) is 4.26. The lowest BCUT2D eigenvalue weighted by molar-refractivity contribution is -0.143. The van der Waals surface area contributed by atoms with Crippen molar-refractivity contribution in [2.45, 2.75) is 18.5 Å². The third-order valence-electron chi connectivity index (χ3n) is 2.70. The molecule has 0 spiro atoms. The van der Waals surface area contributed by atoms with Crippen molar-refractivity contribution in [1.82, 2.24) is 0 Å². The van der Waals surface area contributed by atoms with Crippen LogP contribution in [0.25, 0.3) is 0 Å². The highest BCUT2D eigenvalue weighted by Gasteiger charge is 2.37. The van der Waals surface area contributed by atoms with Crippen LogP contribution in [0.4, 0.5) is 26.3 Å². The summed E-state index contributed by atoms with van der Waals surface area (Å²) in [5, 5.41) is 9.74. The number of methoxy groups -OCH3 is 1. The zero-order valence-corrected chi connectivity index (χ0v) is 11.0. The highest BCUT2D eigenvalue weighted by Crippen LogP contribution is 2.38. The number of esters is 1. The minimum absolute atomic E-state index is 0.0862. The molecule has 0 heterocycles. The van der Waals surface area contributed by atoms with Crippen LogP contribution in [0.3, 0.4) is 0 Å². The molecule has 0 aliphatic carbocycles. The summed E-state index contributed by atoms with van der Waals surface area (Å²) in [6.07, 6.45) is -12.2. The van der Waals surface area contributed by atoms with Crippen LogP contribution in [0.15, 0.2) is 30.4 Å². The Balaban J connectivity index is 3.42. The Bertz CT molecular complexity index is 556. The van der Waals surface area contributed by atoms with E-state index in [1.807, 2.05) is 0 Å². The molecule has 0 fully saturated rings. The molecule has 3 nitrogen and oxygen atoms in total. The van der Waals surface area contributed by atoms with E-state index in [2.05, 4.69) is 11.3 Å². The Morgan fingerprint density at radius 1 is 1.09 bits per heavy atom. The van der Waals surface area contributed by atoms with Gasteiger partial charge in [-0.2, -0.15) is 26.3 Å². The van der Waals surface area contributed by atoms with E-state index >= 15 is 0 Å². The van der Waals surface area contributed by atoms with Crippen molar-refractivity contribution in [3.05, 3.63) is 47.0 Å². The summed E-state index contributed by atoms with van der Waals surface area (Å²) in [7, 11) is 0.924. The number of hydrogen-bond donors (Lipinski definition) is 1. The molecule has 1 aromatic rings. The lowest BCUT2D eigenvalue weighted by Crippen LogP contribution is -2.16. The number of rotatable bonds is 3. The first-order chi connectivity index (χ1) is 9.87. The third kappa shape index (κ3) is 4.00. The van der Waals surface area contributed by atoms with E-state index in [4.69, 9.17) is 0 Å². The van der Waals surface area contributed by atoms with E-state index in [0.717, 1.165) is 7.11 Å². The number of carbonyl (C=O) groups is 1. The number of ether oxygens (including phenoxy) is 1. The molecule has 0 unspecified atom stereocenters. The number of benzene rings is 1. The average Bonchev–Trinajstić information content (AvgIpc) is 2.42. The fraction of sp³-hybridized carbons (Fsp3) is 0.308. The molecule has 0 aromatic heterocycles. The molecule has 0 radical (unpaired) electrons. The predicted octanol–water partition coefficient (Wildman–Crippen LogP) is 3.49. The minimum atomic E-state index is -5.05. The number of aliphatic hydroxyl groups is 1. The monoisotopic (exact) mass is 328 g/mol. The van der Waals surface area contributed by atoms with E-state index in [0.29, 0.717) is 12.1 Å². The zero-order chi connectivity index (χ0) is 17.3. The fourth-order valence-electron chi connectivity index (χ4n) is 1.58. The zero-order valence-electron chi connectivity index (χ0n) is 11.0. The molecule has 122 valence electrons. The first kappa shape index (κ1) is 18.0. The molecular weight excluding hydrogens is 318 g/mol. The van der Waals surface area contributed by atoms with E-state index in [-0.39, 0.29) is 6.07 Å². The SMILES string of the molecule is C=C(C(=O)OC)[C@@H](O)c1cc(C(F)(F)F)cc(C(F)(F)F)c1. The number of halogens is 6. The summed E-state index contributed by atoms with van der Waals surface area (Å²) in [6.45, 7) is 3.10. The van der Waals surface area contributed by atoms with Crippen molar-refractivity contribution in [2.75, 3.05) is 7.11 Å². The van der Waals surface area contributed by atoms with Gasteiger partial charge >= 0.3 is 18.3 Å². The molecule has 0 aliphatic heterocycles. The van der Waals surface area contributed by atoms with Gasteiger partial charge in [0.2, 0.25) is 0 Å². The lowest BCUT2D eigenvalue weighted by Gasteiger charge is -2.17. The molecule has 1 rings (SSSR count). The largest absolute Gasteiger partial charge is 0.466 e. The number of aliphatic hydroxyl groups excluding tert-OH is 1. The predicted molar refractivity (Wildman–Crippen MR) is 62.6 cm³/mol. The van der Waals surface area contributed by atoms with E-state index in [1.165, 1.54) is 0 Å². The molecule has 1 aromatic carbocycles. The van der Waals surface area contributed by atoms with Crippen LogP contribution in [0.1, 0.15) is 22.8 Å². The van der Waals surface area contributed by atoms with Crippen molar-refractivity contribution in [3.8, 4) is 0 Å². The van der Waals surface area contributed by atoms with E-state index < -0.39 is 46.7 Å². The molecular formula is C13H10F6O3. The van der Waals surface area contributed by atoms with Gasteiger partial charge < -0.3 is 9.84 Å². The second kappa shape index (κ2) is 5.99. The number of hydrogen-bond acceptors (Lipinski definition) is 3. The summed E-state index contributed by atoms with van der Waals surface area (Å²) >= 11 is 0. The maximum absolute atomic E-state index is 12.7. The van der Waals surface area contributed by atoms with Crippen molar-refractivity contribution >= 4 is 5.97 Å². The molecule has 0 saturated heterocycles. The second-order valence-corrected chi connectivity index (χ2v) is 4.26. The van der Waals surface area contributed by atoms with Crippen LogP contribution in [0, 0.1) is 0 Å². The molecule has 9 heteroatoms. The summed E-state index contributed by atoms with van der Waals surface area (Å²) < 4.78 is 80.2. The maximum Gasteiger partial charge on any atom is 0.416 e. The molecule has 22 heavy (non-hydrogen) atoms. The van der Waals surface area contributed by atoms with Crippen LogP contribution in [-0.4, -0.2) is 18.2 Å². The normalized spacial score (nSPS) is 13.6. The number of alkyl halides is 6. The van der Waals surface area contributed by atoms with Crippen LogP contribution in [-0.2, 0) is 21.9 Å². The van der Waals surface area contributed by atoms with Gasteiger partial charge in [0, 0.05) is 0 Å². The highest BCUT2D eigenvalue weighted by atomic mass is 19.4. The number of carbonyl (C=O) groups excluding carboxylic acids is 1. The quantitative estimate of drug-likeness (QED) is 0.525. The molecule has 1 atom stereocenters. The van der Waals surface area contributed by atoms with Gasteiger partial charge in [0.05, 0.1) is 23.8 Å². The fourth-order valence-corrected chi connectivity index (χ4v) is 1.58. The Morgan fingerprint density at radius 3 is 1.82 bits per heavy atom. The molecule has 1 N–H and O–H groups in total. The van der Waals surface area contributed by atoms with Gasteiger partial charge in [-0.25, -0.2) is 4.79 Å². The summed E-state index contributed by atoms with van der Waals surface area (Å²) in [6, 6.07) is 0.541. The van der Waals surface area contributed by atoms with Gasteiger partial charge in [-0.05, 0) is 23.8 Å². The van der Waals surface area contributed by atoms with E-state index in [9.17, 15) is 36.2 Å². The van der Waals surface area contributed by atoms with Gasteiger partial charge in [0.1, 0.15) is 6.10 Å². The molecule has 0 aliphatic rings. The first-order valence-corrected chi connectivity index (χ1v) is 5.62. The third-order valence-corrected chi connectivity index (χ3v) is 2.70. The smallest absolute Gasteiger partial charge is 0.416 e. The Labute approximate surface area is 120 Å². The standard InChI is InChI=1S/C13H10F6O3/c1-6(11(21)22-2)10(20)7-3-8(12(14,15)16)5-9(4-7)13(17,18)19/h3-5,10,20H,1H2,2H3/t10-/m1/s1. The Morgan fingerprint density at radius 2 is 1.50 bits per heavy atom. The van der Waals surface area contributed by atoms with Crippen molar-refractivity contribution < 1.29 is 41.0 Å².